The van der Waals surface area contributed by atoms with Crippen LogP contribution in [0.15, 0.2) is 65.3 Å². The van der Waals surface area contributed by atoms with E-state index in [0.29, 0.717) is 24.3 Å². The van der Waals surface area contributed by atoms with Crippen LogP contribution >= 0.6 is 0 Å². The standard InChI is InChI=1S/C18H13N3O2/c22-12-16-18(17-9-4-10-23-17)21(20-19-16)11-14-7-3-6-13-5-1-2-8-15(13)14/h1-10,12H,11H2. The van der Waals surface area contributed by atoms with Crippen molar-refractivity contribution < 1.29 is 9.21 Å². The molecule has 5 nitrogen and oxygen atoms in total. The van der Waals surface area contributed by atoms with Gasteiger partial charge < -0.3 is 4.42 Å². The highest BCUT2D eigenvalue weighted by atomic mass is 16.3. The van der Waals surface area contributed by atoms with Gasteiger partial charge in [0.05, 0.1) is 12.8 Å². The van der Waals surface area contributed by atoms with Crippen molar-refractivity contribution in [3.05, 3.63) is 72.1 Å². The SMILES string of the molecule is O=Cc1nnn(Cc2cccc3ccccc23)c1-c1ccco1. The molecule has 112 valence electrons. The third-order valence-corrected chi connectivity index (χ3v) is 3.83. The quantitative estimate of drug-likeness (QED) is 0.541. The zero-order chi connectivity index (χ0) is 15.6. The topological polar surface area (TPSA) is 60.9 Å². The number of aldehydes is 1. The molecular formula is C18H13N3O2. The highest BCUT2D eigenvalue weighted by Crippen LogP contribution is 2.25. The van der Waals surface area contributed by atoms with E-state index in [2.05, 4.69) is 34.6 Å². The zero-order valence-electron chi connectivity index (χ0n) is 12.2. The van der Waals surface area contributed by atoms with Gasteiger partial charge in [-0.3, -0.25) is 4.79 Å². The van der Waals surface area contributed by atoms with Crippen LogP contribution in [0.2, 0.25) is 0 Å². The summed E-state index contributed by atoms with van der Waals surface area (Å²) in [6.45, 7) is 0.512. The highest BCUT2D eigenvalue weighted by molar-refractivity contribution is 5.86. The number of aromatic nitrogens is 3. The second kappa shape index (κ2) is 5.53. The molecule has 23 heavy (non-hydrogen) atoms. The molecule has 0 N–H and O–H groups in total. The highest BCUT2D eigenvalue weighted by Gasteiger charge is 2.17. The molecule has 4 aromatic rings. The average molecular weight is 303 g/mol. The van der Waals surface area contributed by atoms with Gasteiger partial charge in [0.1, 0.15) is 5.69 Å². The fourth-order valence-corrected chi connectivity index (χ4v) is 2.77. The van der Waals surface area contributed by atoms with Crippen LogP contribution in [-0.2, 0) is 6.54 Å². The van der Waals surface area contributed by atoms with Crippen LogP contribution in [0.5, 0.6) is 0 Å². The molecule has 4 rings (SSSR count). The molecule has 0 amide bonds. The number of hydrogen-bond acceptors (Lipinski definition) is 4. The van der Waals surface area contributed by atoms with Crippen molar-refractivity contribution in [2.45, 2.75) is 6.54 Å². The van der Waals surface area contributed by atoms with Crippen LogP contribution in [0.3, 0.4) is 0 Å². The molecule has 2 aromatic carbocycles. The van der Waals surface area contributed by atoms with Crippen molar-refractivity contribution in [3.63, 3.8) is 0 Å². The number of carbonyl (C=O) groups is 1. The van der Waals surface area contributed by atoms with Crippen molar-refractivity contribution in [2.75, 3.05) is 0 Å². The Bertz CT molecular complexity index is 966. The van der Waals surface area contributed by atoms with Crippen LogP contribution in [0.1, 0.15) is 16.1 Å². The van der Waals surface area contributed by atoms with Crippen LogP contribution < -0.4 is 0 Å². The van der Waals surface area contributed by atoms with E-state index in [0.717, 1.165) is 10.9 Å². The first-order valence-electron chi connectivity index (χ1n) is 7.26. The molecular weight excluding hydrogens is 290 g/mol. The Morgan fingerprint density at radius 1 is 1.04 bits per heavy atom. The van der Waals surface area contributed by atoms with Gasteiger partial charge in [-0.15, -0.1) is 5.10 Å². The lowest BCUT2D eigenvalue weighted by molar-refractivity contribution is 0.111. The van der Waals surface area contributed by atoms with E-state index in [1.165, 1.54) is 5.39 Å². The minimum Gasteiger partial charge on any atom is -0.463 e. The maximum absolute atomic E-state index is 11.2. The molecule has 0 aliphatic carbocycles. The van der Waals surface area contributed by atoms with Gasteiger partial charge in [0.2, 0.25) is 0 Å². The van der Waals surface area contributed by atoms with Gasteiger partial charge in [-0.1, -0.05) is 47.7 Å². The van der Waals surface area contributed by atoms with Crippen molar-refractivity contribution in [2.24, 2.45) is 0 Å². The summed E-state index contributed by atoms with van der Waals surface area (Å²) in [5, 5.41) is 10.4. The second-order valence-electron chi connectivity index (χ2n) is 5.21. The van der Waals surface area contributed by atoms with E-state index in [1.807, 2.05) is 18.2 Å². The molecule has 0 saturated carbocycles. The molecule has 0 bridgehead atoms. The summed E-state index contributed by atoms with van der Waals surface area (Å²) >= 11 is 0. The van der Waals surface area contributed by atoms with Crippen molar-refractivity contribution in [1.82, 2.24) is 15.0 Å². The van der Waals surface area contributed by atoms with Gasteiger partial charge in [0.25, 0.3) is 0 Å². The summed E-state index contributed by atoms with van der Waals surface area (Å²) < 4.78 is 7.13. The van der Waals surface area contributed by atoms with Gasteiger partial charge in [-0.25, -0.2) is 4.68 Å². The number of furan rings is 1. The van der Waals surface area contributed by atoms with Crippen LogP contribution in [0.4, 0.5) is 0 Å². The molecule has 5 heteroatoms. The third kappa shape index (κ3) is 2.32. The first kappa shape index (κ1) is 13.5. The van der Waals surface area contributed by atoms with Crippen LogP contribution in [0, 0.1) is 0 Å². The number of hydrogen-bond donors (Lipinski definition) is 0. The molecule has 0 fully saturated rings. The number of fused-ring (bicyclic) bond motifs is 1. The summed E-state index contributed by atoms with van der Waals surface area (Å²) in [5.41, 5.74) is 1.98. The number of carbonyl (C=O) groups excluding carboxylic acids is 1. The van der Waals surface area contributed by atoms with Crippen LogP contribution in [-0.4, -0.2) is 21.3 Å². The lowest BCUT2D eigenvalue weighted by Crippen LogP contribution is -2.04. The molecule has 2 heterocycles. The number of nitrogens with zero attached hydrogens (tertiary/aromatic N) is 3. The Balaban J connectivity index is 1.83. The Kier molecular flexibility index (Phi) is 3.24. The fourth-order valence-electron chi connectivity index (χ4n) is 2.77. The van der Waals surface area contributed by atoms with E-state index >= 15 is 0 Å². The lowest BCUT2D eigenvalue weighted by Gasteiger charge is -2.08. The fraction of sp³-hybridized carbons (Fsp3) is 0.0556. The number of benzene rings is 2. The van der Waals surface area contributed by atoms with E-state index in [1.54, 1.807) is 23.1 Å². The molecule has 0 aliphatic heterocycles. The Hall–Kier alpha value is -3.21. The Morgan fingerprint density at radius 3 is 2.74 bits per heavy atom. The molecule has 0 unspecified atom stereocenters. The average Bonchev–Trinajstić information content (AvgIpc) is 3.24. The smallest absolute Gasteiger partial charge is 0.172 e. The molecule has 0 aliphatic rings. The maximum Gasteiger partial charge on any atom is 0.172 e. The van der Waals surface area contributed by atoms with E-state index < -0.39 is 0 Å². The predicted molar refractivity (Wildman–Crippen MR) is 86.2 cm³/mol. The molecule has 0 radical (unpaired) electrons. The van der Waals surface area contributed by atoms with Crippen molar-refractivity contribution in [1.29, 1.82) is 0 Å². The van der Waals surface area contributed by atoms with Crippen LogP contribution in [0.25, 0.3) is 22.2 Å². The first-order valence-corrected chi connectivity index (χ1v) is 7.26. The van der Waals surface area contributed by atoms with Crippen molar-refractivity contribution >= 4 is 17.1 Å². The van der Waals surface area contributed by atoms with Gasteiger partial charge in [-0.05, 0) is 28.5 Å². The Morgan fingerprint density at radius 2 is 1.91 bits per heavy atom. The summed E-state index contributed by atoms with van der Waals surface area (Å²) in [5.74, 6) is 0.581. The normalized spacial score (nSPS) is 11.0. The van der Waals surface area contributed by atoms with E-state index in [4.69, 9.17) is 4.42 Å². The third-order valence-electron chi connectivity index (χ3n) is 3.83. The summed E-state index contributed by atoms with van der Waals surface area (Å²) in [7, 11) is 0. The molecule has 0 spiro atoms. The summed E-state index contributed by atoms with van der Waals surface area (Å²) in [6.07, 6.45) is 2.27. The molecule has 0 saturated heterocycles. The maximum atomic E-state index is 11.2. The monoisotopic (exact) mass is 303 g/mol. The minimum atomic E-state index is 0.278. The van der Waals surface area contributed by atoms with Gasteiger partial charge in [0, 0.05) is 0 Å². The number of rotatable bonds is 4. The first-order chi connectivity index (χ1) is 11.4. The predicted octanol–water partition coefficient (Wildman–Crippen LogP) is 3.55. The van der Waals surface area contributed by atoms with Gasteiger partial charge in [-0.2, -0.15) is 0 Å². The van der Waals surface area contributed by atoms with E-state index in [-0.39, 0.29) is 5.69 Å². The van der Waals surface area contributed by atoms with E-state index in [9.17, 15) is 4.79 Å². The summed E-state index contributed by atoms with van der Waals surface area (Å²) in [4.78, 5) is 11.2. The zero-order valence-corrected chi connectivity index (χ0v) is 12.2. The lowest BCUT2D eigenvalue weighted by atomic mass is 10.0. The van der Waals surface area contributed by atoms with Gasteiger partial charge >= 0.3 is 0 Å². The Labute approximate surface area is 132 Å². The largest absolute Gasteiger partial charge is 0.463 e. The molecule has 2 aromatic heterocycles. The second-order valence-corrected chi connectivity index (χ2v) is 5.21. The molecule has 0 atom stereocenters. The minimum absolute atomic E-state index is 0.278. The summed E-state index contributed by atoms with van der Waals surface area (Å²) in [6, 6.07) is 17.9. The van der Waals surface area contributed by atoms with Crippen molar-refractivity contribution in [3.8, 4) is 11.5 Å². The van der Waals surface area contributed by atoms with Gasteiger partial charge in [0.15, 0.2) is 17.7 Å².